The van der Waals surface area contributed by atoms with E-state index >= 15 is 0 Å². The van der Waals surface area contributed by atoms with E-state index in [1.165, 1.54) is 35.0 Å². The summed E-state index contributed by atoms with van der Waals surface area (Å²) in [5.74, 6) is -0.536. The molecule has 9 aromatic rings. The van der Waals surface area contributed by atoms with E-state index in [1.54, 1.807) is 12.1 Å². The molecule has 55 heavy (non-hydrogen) atoms. The number of hydrogen-bond acceptors (Lipinski definition) is 3. The molecular formula is C47H39F2IrN3OSi-2. The van der Waals surface area contributed by atoms with Gasteiger partial charge in [-0.2, -0.15) is 0 Å². The van der Waals surface area contributed by atoms with Crippen LogP contribution in [0, 0.1) is 23.8 Å². The molecule has 4 nitrogen and oxygen atoms in total. The van der Waals surface area contributed by atoms with Crippen molar-refractivity contribution in [3.63, 3.8) is 0 Å². The standard InChI is InChI=1S/C30H18FN2O.C17H21FNSi.Ir/c31-21-14-15-23-24-11-6-12-25(29(24)34-27(23)17-21)30-32-28-22-10-5-4-9-20(22)13-16-26(28)33(30)18-19-7-2-1-3-8-19;1-12(2)15-10-16(13-6-8-14(18)9-7-13)19-11-17(15)20(3,4)5;/h1-11,13-17H,18H2;6,8-12H,1-5H3;/q2*-1;/i;12D;. The Hall–Kier alpha value is -5.27. The smallest absolute Gasteiger partial charge is 0.126 e. The van der Waals surface area contributed by atoms with Crippen LogP contribution in [0.15, 0.2) is 132 Å². The van der Waals surface area contributed by atoms with Crippen molar-refractivity contribution in [1.29, 1.82) is 0 Å². The van der Waals surface area contributed by atoms with Gasteiger partial charge < -0.3 is 14.0 Å². The van der Waals surface area contributed by atoms with Gasteiger partial charge in [-0.3, -0.25) is 9.37 Å². The number of hydrogen-bond donors (Lipinski definition) is 0. The summed E-state index contributed by atoms with van der Waals surface area (Å²) in [7, 11) is -1.57. The summed E-state index contributed by atoms with van der Waals surface area (Å²) in [6, 6.07) is 44.0. The van der Waals surface area contributed by atoms with E-state index in [0.29, 0.717) is 17.7 Å². The van der Waals surface area contributed by atoms with Gasteiger partial charge >= 0.3 is 0 Å². The first-order valence-corrected chi connectivity index (χ1v) is 21.5. The maximum absolute atomic E-state index is 13.9. The number of rotatable bonds is 6. The summed E-state index contributed by atoms with van der Waals surface area (Å²) in [4.78, 5) is 9.66. The summed E-state index contributed by atoms with van der Waals surface area (Å²) in [5.41, 5.74) is 7.62. The quantitative estimate of drug-likeness (QED) is 0.123. The van der Waals surface area contributed by atoms with E-state index in [2.05, 4.69) is 77.7 Å². The van der Waals surface area contributed by atoms with Gasteiger partial charge in [-0.1, -0.05) is 117 Å². The molecule has 3 aromatic heterocycles. The number of fused-ring (bicyclic) bond motifs is 6. The van der Waals surface area contributed by atoms with Crippen molar-refractivity contribution in [1.82, 2.24) is 14.5 Å². The van der Waals surface area contributed by atoms with Crippen molar-refractivity contribution in [3.05, 3.63) is 162 Å². The topological polar surface area (TPSA) is 43.9 Å². The average molecular weight is 921 g/mol. The first-order chi connectivity index (χ1) is 26.3. The van der Waals surface area contributed by atoms with Crippen LogP contribution in [0.2, 0.25) is 19.6 Å². The molecule has 0 aliphatic heterocycles. The Bertz CT molecular complexity index is 2840. The predicted octanol–water partition coefficient (Wildman–Crippen LogP) is 12.1. The first-order valence-electron chi connectivity index (χ1n) is 18.5. The van der Waals surface area contributed by atoms with E-state index < -0.39 is 14.0 Å². The molecule has 0 aliphatic rings. The molecule has 8 heteroatoms. The molecule has 0 N–H and O–H groups in total. The molecule has 0 spiro atoms. The second kappa shape index (κ2) is 15.5. The van der Waals surface area contributed by atoms with Crippen molar-refractivity contribution in [3.8, 4) is 22.6 Å². The third-order valence-electron chi connectivity index (χ3n) is 9.75. The largest absolute Gasteiger partial charge is 0.500 e. The molecule has 0 saturated carbocycles. The molecule has 1 radical (unpaired) electrons. The molecule has 0 fully saturated rings. The van der Waals surface area contributed by atoms with Crippen LogP contribution < -0.4 is 5.19 Å². The third kappa shape index (κ3) is 7.55. The maximum Gasteiger partial charge on any atom is 0.126 e. The summed E-state index contributed by atoms with van der Waals surface area (Å²) in [6.45, 7) is 11.2. The molecule has 0 unspecified atom stereocenters. The molecule has 0 aliphatic carbocycles. The fourth-order valence-corrected chi connectivity index (χ4v) is 8.62. The Morgan fingerprint density at radius 2 is 1.58 bits per heavy atom. The molecule has 0 atom stereocenters. The van der Waals surface area contributed by atoms with Crippen LogP contribution in [0.4, 0.5) is 8.78 Å². The summed E-state index contributed by atoms with van der Waals surface area (Å²) >= 11 is 0. The molecule has 9 rings (SSSR count). The van der Waals surface area contributed by atoms with Gasteiger partial charge in [-0.15, -0.1) is 48.0 Å². The van der Waals surface area contributed by atoms with Crippen LogP contribution in [0.3, 0.4) is 0 Å². The van der Waals surface area contributed by atoms with Crippen molar-refractivity contribution >= 4 is 57.0 Å². The predicted molar refractivity (Wildman–Crippen MR) is 220 cm³/mol. The van der Waals surface area contributed by atoms with Gasteiger partial charge in [0.15, 0.2) is 0 Å². The van der Waals surface area contributed by atoms with E-state index in [0.717, 1.165) is 60.8 Å². The third-order valence-corrected chi connectivity index (χ3v) is 11.8. The van der Waals surface area contributed by atoms with Gasteiger partial charge in [0.2, 0.25) is 0 Å². The number of furan rings is 1. The summed E-state index contributed by atoms with van der Waals surface area (Å²) < 4.78 is 43.7. The van der Waals surface area contributed by atoms with Crippen molar-refractivity contribution < 1.29 is 34.7 Å². The molecule has 0 saturated heterocycles. The normalized spacial score (nSPS) is 12.1. The summed E-state index contributed by atoms with van der Waals surface area (Å²) in [5, 5.41) is 5.25. The molecule has 6 aromatic carbocycles. The van der Waals surface area contributed by atoms with Crippen molar-refractivity contribution in [2.45, 2.75) is 45.9 Å². The minimum atomic E-state index is -1.57. The van der Waals surface area contributed by atoms with Crippen molar-refractivity contribution in [2.75, 3.05) is 0 Å². The Kier molecular flexibility index (Phi) is 10.3. The number of pyridine rings is 1. The SMILES string of the molecule is Fc1ccc2c(c1)oc1c(-c3nc4c5ccccc5ccc4n3Cc3ccccc3)[c-]ccc12.[2H]C(C)(C)c1cc(-c2[c-]cc(F)cc2)ncc1[Si](C)(C)C.[Ir]. The van der Waals surface area contributed by atoms with Crippen LogP contribution in [-0.2, 0) is 26.7 Å². The number of aromatic nitrogens is 3. The zero-order valence-corrected chi connectivity index (χ0v) is 34.6. The fraction of sp³-hybridized carbons (Fsp3) is 0.149. The molecule has 3 heterocycles. The average Bonchev–Trinajstić information content (AvgIpc) is 3.73. The van der Waals surface area contributed by atoms with Crippen molar-refractivity contribution in [2.24, 2.45) is 0 Å². The number of benzene rings is 6. The summed E-state index contributed by atoms with van der Waals surface area (Å²) in [6.07, 6.45) is 1.89. The first kappa shape index (κ1) is 36.7. The van der Waals surface area contributed by atoms with Crippen LogP contribution in [-0.4, -0.2) is 22.6 Å². The minimum Gasteiger partial charge on any atom is -0.500 e. The zero-order chi connectivity index (χ0) is 38.5. The molecular weight excluding hydrogens is 881 g/mol. The maximum atomic E-state index is 13.9. The van der Waals surface area contributed by atoms with E-state index in [4.69, 9.17) is 10.8 Å². The molecule has 277 valence electrons. The minimum absolute atomic E-state index is 0. The monoisotopic (exact) mass is 921 g/mol. The number of nitrogens with zero attached hydrogens (tertiary/aromatic N) is 3. The van der Waals surface area contributed by atoms with Gasteiger partial charge in [0.1, 0.15) is 11.4 Å². The van der Waals surface area contributed by atoms with E-state index in [-0.39, 0.29) is 31.7 Å². The van der Waals surface area contributed by atoms with Crippen LogP contribution >= 0.6 is 0 Å². The van der Waals surface area contributed by atoms with Gasteiger partial charge in [-0.05, 0) is 45.9 Å². The zero-order valence-electron chi connectivity index (χ0n) is 32.2. The molecule has 0 bridgehead atoms. The number of imidazole rings is 1. The second-order valence-electron chi connectivity index (χ2n) is 14.8. The Labute approximate surface area is 335 Å². The molecule has 0 amide bonds. The Balaban J connectivity index is 0.000000190. The van der Waals surface area contributed by atoms with E-state index in [1.807, 2.05) is 68.6 Å². The van der Waals surface area contributed by atoms with Gasteiger partial charge in [-0.25, -0.2) is 4.39 Å². The Morgan fingerprint density at radius 3 is 2.33 bits per heavy atom. The van der Waals surface area contributed by atoms with Crippen LogP contribution in [0.5, 0.6) is 0 Å². The van der Waals surface area contributed by atoms with E-state index in [9.17, 15) is 8.78 Å². The van der Waals surface area contributed by atoms with Gasteiger partial charge in [0, 0.05) is 56.9 Å². The van der Waals surface area contributed by atoms with Gasteiger partial charge in [0.25, 0.3) is 0 Å². The van der Waals surface area contributed by atoms with Crippen LogP contribution in [0.1, 0.15) is 32.2 Å². The van der Waals surface area contributed by atoms with Gasteiger partial charge in [0.05, 0.1) is 30.5 Å². The second-order valence-corrected chi connectivity index (χ2v) is 19.8. The Morgan fingerprint density at radius 1 is 0.818 bits per heavy atom. The number of halogens is 2. The fourth-order valence-electron chi connectivity index (χ4n) is 7.04. The van der Waals surface area contributed by atoms with Crippen LogP contribution in [0.25, 0.3) is 66.4 Å².